The molecule has 0 unspecified atom stereocenters. The van der Waals surface area contributed by atoms with Crippen LogP contribution in [0.3, 0.4) is 0 Å². The number of benzene rings is 2. The molecule has 0 fully saturated rings. The zero-order valence-electron chi connectivity index (χ0n) is 17.8. The van der Waals surface area contributed by atoms with Crippen LogP contribution in [0.15, 0.2) is 106 Å². The second-order valence-corrected chi connectivity index (χ2v) is 9.16. The Morgan fingerprint density at radius 3 is 2.52 bits per heavy atom. The number of rotatable bonds is 3. The second kappa shape index (κ2) is 8.68. The quantitative estimate of drug-likeness (QED) is 0.514. The van der Waals surface area contributed by atoms with Gasteiger partial charge in [0.2, 0.25) is 0 Å². The standard InChI is InChI=1S/C27H21BrN4O/c28-20-9-4-8-18(12-20)25-22(15-29)27(30)32(21-10-5-11-31-16-21)23-13-19(14-24(33)26(23)25)17-6-2-1-3-7-17/h1-12,16,19,25H,13-14,30H2/t19-,25+/m1/s1. The predicted octanol–water partition coefficient (Wildman–Crippen LogP) is 5.54. The highest BCUT2D eigenvalue weighted by atomic mass is 79.9. The average molecular weight is 497 g/mol. The summed E-state index contributed by atoms with van der Waals surface area (Å²) in [6.45, 7) is 0. The van der Waals surface area contributed by atoms with Crippen LogP contribution < -0.4 is 10.6 Å². The number of carbonyl (C=O) groups is 1. The van der Waals surface area contributed by atoms with Crippen molar-refractivity contribution in [3.8, 4) is 6.07 Å². The zero-order chi connectivity index (χ0) is 22.9. The fraction of sp³-hybridized carbons (Fsp3) is 0.148. The number of nitrogens with two attached hydrogens (primary N) is 1. The van der Waals surface area contributed by atoms with Crippen molar-refractivity contribution >= 4 is 27.4 Å². The molecule has 0 saturated carbocycles. The lowest BCUT2D eigenvalue weighted by atomic mass is 9.72. The number of carbonyl (C=O) groups excluding carboxylic acids is 1. The normalized spacial score (nSPS) is 20.5. The summed E-state index contributed by atoms with van der Waals surface area (Å²) < 4.78 is 0.887. The highest BCUT2D eigenvalue weighted by molar-refractivity contribution is 9.10. The molecule has 0 saturated heterocycles. The molecule has 33 heavy (non-hydrogen) atoms. The number of nitriles is 1. The molecule has 1 aliphatic heterocycles. The molecule has 1 aliphatic carbocycles. The lowest BCUT2D eigenvalue weighted by Crippen LogP contribution is -2.40. The van der Waals surface area contributed by atoms with Gasteiger partial charge in [-0.2, -0.15) is 5.26 Å². The van der Waals surface area contributed by atoms with Gasteiger partial charge in [-0.1, -0.05) is 58.4 Å². The van der Waals surface area contributed by atoms with Crippen LogP contribution in [0.2, 0.25) is 0 Å². The van der Waals surface area contributed by atoms with E-state index in [1.54, 1.807) is 12.4 Å². The van der Waals surface area contributed by atoms with Crippen molar-refractivity contribution in [1.82, 2.24) is 4.98 Å². The molecule has 162 valence electrons. The molecule has 2 aliphatic rings. The smallest absolute Gasteiger partial charge is 0.162 e. The third-order valence-electron chi connectivity index (χ3n) is 6.32. The molecule has 2 N–H and O–H groups in total. The molecule has 2 heterocycles. The van der Waals surface area contributed by atoms with Crippen molar-refractivity contribution in [3.05, 3.63) is 117 Å². The van der Waals surface area contributed by atoms with Crippen molar-refractivity contribution < 1.29 is 4.79 Å². The zero-order valence-corrected chi connectivity index (χ0v) is 19.4. The van der Waals surface area contributed by atoms with Gasteiger partial charge in [0.05, 0.1) is 29.4 Å². The van der Waals surface area contributed by atoms with Crippen molar-refractivity contribution in [3.63, 3.8) is 0 Å². The lowest BCUT2D eigenvalue weighted by molar-refractivity contribution is -0.116. The number of pyridine rings is 1. The Hall–Kier alpha value is -3.69. The highest BCUT2D eigenvalue weighted by Crippen LogP contribution is 2.49. The summed E-state index contributed by atoms with van der Waals surface area (Å²) in [5.74, 6) is -0.0733. The summed E-state index contributed by atoms with van der Waals surface area (Å²) in [5.41, 5.74) is 11.3. The van der Waals surface area contributed by atoms with E-state index in [0.29, 0.717) is 29.8 Å². The van der Waals surface area contributed by atoms with E-state index in [0.717, 1.165) is 27.0 Å². The van der Waals surface area contributed by atoms with Crippen LogP contribution in [0.4, 0.5) is 5.69 Å². The fourth-order valence-corrected chi connectivity index (χ4v) is 5.31. The first-order valence-corrected chi connectivity index (χ1v) is 11.5. The highest BCUT2D eigenvalue weighted by Gasteiger charge is 2.42. The first kappa shape index (κ1) is 21.2. The van der Waals surface area contributed by atoms with Gasteiger partial charge < -0.3 is 5.73 Å². The number of anilines is 1. The SMILES string of the molecule is N#CC1=C(N)N(c2cccnc2)C2=C(C(=O)C[C@H](c3ccccc3)C2)[C@H]1c1cccc(Br)c1. The minimum absolute atomic E-state index is 0.0382. The van der Waals surface area contributed by atoms with Crippen LogP contribution >= 0.6 is 15.9 Å². The minimum atomic E-state index is -0.500. The Bertz CT molecular complexity index is 1320. The lowest BCUT2D eigenvalue weighted by Gasteiger charge is -2.41. The Morgan fingerprint density at radius 2 is 1.82 bits per heavy atom. The summed E-state index contributed by atoms with van der Waals surface area (Å²) in [4.78, 5) is 19.8. The Kier molecular flexibility index (Phi) is 5.57. The average Bonchev–Trinajstić information content (AvgIpc) is 2.84. The summed E-state index contributed by atoms with van der Waals surface area (Å²) in [6, 6.07) is 23.9. The van der Waals surface area contributed by atoms with Gasteiger partial charge in [0.15, 0.2) is 5.78 Å². The van der Waals surface area contributed by atoms with Crippen molar-refractivity contribution in [2.24, 2.45) is 5.73 Å². The maximum atomic E-state index is 13.7. The molecule has 5 nitrogen and oxygen atoms in total. The van der Waals surface area contributed by atoms with Crippen LogP contribution in [0.1, 0.15) is 35.8 Å². The monoisotopic (exact) mass is 496 g/mol. The van der Waals surface area contributed by atoms with Crippen molar-refractivity contribution in [2.45, 2.75) is 24.7 Å². The molecule has 2 aromatic carbocycles. The van der Waals surface area contributed by atoms with E-state index in [1.807, 2.05) is 59.5 Å². The van der Waals surface area contributed by atoms with Gasteiger partial charge in [-0.3, -0.25) is 14.7 Å². The van der Waals surface area contributed by atoms with E-state index in [1.165, 1.54) is 0 Å². The first-order valence-electron chi connectivity index (χ1n) is 10.7. The van der Waals surface area contributed by atoms with Gasteiger partial charge in [0.25, 0.3) is 0 Å². The molecular formula is C27H21BrN4O. The van der Waals surface area contributed by atoms with Gasteiger partial charge >= 0.3 is 0 Å². The molecule has 3 aromatic rings. The van der Waals surface area contributed by atoms with E-state index in [2.05, 4.69) is 39.1 Å². The number of hydrogen-bond donors (Lipinski definition) is 1. The number of allylic oxidation sites excluding steroid dienone is 3. The first-order chi connectivity index (χ1) is 16.1. The molecular weight excluding hydrogens is 476 g/mol. The summed E-state index contributed by atoms with van der Waals surface area (Å²) in [7, 11) is 0. The second-order valence-electron chi connectivity index (χ2n) is 8.24. The number of nitrogens with zero attached hydrogens (tertiary/aromatic N) is 3. The van der Waals surface area contributed by atoms with E-state index in [4.69, 9.17) is 5.73 Å². The molecule has 6 heteroatoms. The Morgan fingerprint density at radius 1 is 1.03 bits per heavy atom. The van der Waals surface area contributed by atoms with Crippen LogP contribution in [0.5, 0.6) is 0 Å². The summed E-state index contributed by atoms with van der Waals surface area (Å²) in [6.07, 6.45) is 4.44. The molecule has 5 rings (SSSR count). The Balaban J connectivity index is 1.73. The predicted molar refractivity (Wildman–Crippen MR) is 131 cm³/mol. The fourth-order valence-electron chi connectivity index (χ4n) is 4.89. The third kappa shape index (κ3) is 3.75. The number of hydrogen-bond acceptors (Lipinski definition) is 5. The maximum absolute atomic E-state index is 13.7. The minimum Gasteiger partial charge on any atom is -0.384 e. The maximum Gasteiger partial charge on any atom is 0.162 e. The summed E-state index contributed by atoms with van der Waals surface area (Å²) >= 11 is 3.53. The van der Waals surface area contributed by atoms with Crippen molar-refractivity contribution in [1.29, 1.82) is 5.26 Å². The number of ketones is 1. The molecule has 1 aromatic heterocycles. The van der Waals surface area contributed by atoms with E-state index < -0.39 is 5.92 Å². The van der Waals surface area contributed by atoms with Gasteiger partial charge in [-0.25, -0.2) is 0 Å². The van der Waals surface area contributed by atoms with E-state index in [9.17, 15) is 10.1 Å². The van der Waals surface area contributed by atoms with Crippen LogP contribution in [0, 0.1) is 11.3 Å². The van der Waals surface area contributed by atoms with Crippen LogP contribution in [0.25, 0.3) is 0 Å². The molecule has 0 bridgehead atoms. The van der Waals surface area contributed by atoms with Crippen molar-refractivity contribution in [2.75, 3.05) is 4.90 Å². The largest absolute Gasteiger partial charge is 0.384 e. The topological polar surface area (TPSA) is 83.0 Å². The van der Waals surface area contributed by atoms with E-state index >= 15 is 0 Å². The molecule has 2 atom stereocenters. The van der Waals surface area contributed by atoms with Gasteiger partial charge in [-0.15, -0.1) is 0 Å². The summed E-state index contributed by atoms with van der Waals surface area (Å²) in [5, 5.41) is 10.2. The molecule has 0 spiro atoms. The Labute approximate surface area is 201 Å². The third-order valence-corrected chi connectivity index (χ3v) is 6.82. The van der Waals surface area contributed by atoms with Gasteiger partial charge in [0, 0.05) is 28.4 Å². The van der Waals surface area contributed by atoms with Gasteiger partial charge in [-0.05, 0) is 47.7 Å². The van der Waals surface area contributed by atoms with Crippen LogP contribution in [-0.2, 0) is 4.79 Å². The number of aromatic nitrogens is 1. The van der Waals surface area contributed by atoms with E-state index in [-0.39, 0.29) is 11.7 Å². The number of Topliss-reactive ketones (excluding diaryl/α,β-unsaturated/α-hetero) is 1. The van der Waals surface area contributed by atoms with Gasteiger partial charge in [0.1, 0.15) is 5.82 Å². The molecule has 0 amide bonds. The number of halogens is 1. The van der Waals surface area contributed by atoms with Crippen LogP contribution in [-0.4, -0.2) is 10.8 Å². The molecule has 0 radical (unpaired) electrons.